The summed E-state index contributed by atoms with van der Waals surface area (Å²) in [7, 11) is 1.15. The van der Waals surface area contributed by atoms with Crippen LogP contribution in [0.3, 0.4) is 0 Å². The number of carboxylic acids is 3. The van der Waals surface area contributed by atoms with E-state index in [4.69, 9.17) is 9.47 Å². The number of aryl methyl sites for hydroxylation is 2. The molecule has 6 rings (SSSR count). The first-order chi connectivity index (χ1) is 44.0. The first-order valence-corrected chi connectivity index (χ1v) is 31.9. The maximum Gasteiger partial charge on any atom is 0.317 e. The molecule has 0 aliphatic carbocycles. The van der Waals surface area contributed by atoms with Crippen LogP contribution in [-0.2, 0) is 54.3 Å². The van der Waals surface area contributed by atoms with Gasteiger partial charge in [-0.25, -0.2) is 8.78 Å². The number of nitrogens with one attached hydrogen (secondary N) is 4. The Morgan fingerprint density at radius 2 is 1.34 bits per heavy atom. The van der Waals surface area contributed by atoms with Crippen molar-refractivity contribution >= 4 is 82.0 Å². The zero-order valence-electron chi connectivity index (χ0n) is 52.2. The molecule has 3 saturated heterocycles. The van der Waals surface area contributed by atoms with Crippen LogP contribution in [0, 0.1) is 6.92 Å². The lowest BCUT2D eigenvalue weighted by Crippen LogP contribution is -2.59. The molecule has 0 unspecified atom stereocenters. The third-order valence-corrected chi connectivity index (χ3v) is 17.0. The number of carbonyl (C=O) groups is 10. The summed E-state index contributed by atoms with van der Waals surface area (Å²) in [6.07, 6.45) is 3.88. The number of alkyl halides is 2. The number of esters is 1. The van der Waals surface area contributed by atoms with E-state index in [9.17, 15) is 72.0 Å². The van der Waals surface area contributed by atoms with Gasteiger partial charge in [-0.1, -0.05) is 35.9 Å². The van der Waals surface area contributed by atoms with Gasteiger partial charge >= 0.3 is 23.9 Å². The van der Waals surface area contributed by atoms with Gasteiger partial charge in [0, 0.05) is 128 Å². The summed E-state index contributed by atoms with van der Waals surface area (Å²) < 4.78 is 39.1. The van der Waals surface area contributed by atoms with E-state index in [2.05, 4.69) is 37.7 Å². The second kappa shape index (κ2) is 37.0. The number of carboxylic acid groups (broad SMARTS) is 3. The molecule has 0 spiro atoms. The number of halogens is 2. The van der Waals surface area contributed by atoms with Crippen molar-refractivity contribution in [3.05, 3.63) is 84.1 Å². The Morgan fingerprint density at radius 1 is 0.739 bits per heavy atom. The largest absolute Gasteiger partial charge is 0.494 e. The van der Waals surface area contributed by atoms with E-state index in [0.717, 1.165) is 29.6 Å². The topological polar surface area (TPSA) is 334 Å². The molecule has 92 heavy (non-hydrogen) atoms. The Labute approximate surface area is 537 Å². The fourth-order valence-corrected chi connectivity index (χ4v) is 11.8. The predicted molar refractivity (Wildman–Crippen MR) is 336 cm³/mol. The lowest BCUT2D eigenvalue weighted by molar-refractivity contribution is -0.147. The van der Waals surface area contributed by atoms with Gasteiger partial charge in [-0.3, -0.25) is 77.4 Å². The quantitative estimate of drug-likeness (QED) is 0.0254. The van der Waals surface area contributed by atoms with Crippen molar-refractivity contribution < 1.29 is 81.5 Å². The van der Waals surface area contributed by atoms with Gasteiger partial charge in [0.25, 0.3) is 11.8 Å². The number of carbonyl (C=O) groups excluding carboxylic acids is 7. The summed E-state index contributed by atoms with van der Waals surface area (Å²) in [5, 5.41) is 40.4. The summed E-state index contributed by atoms with van der Waals surface area (Å²) in [6.45, 7) is 6.49. The zero-order chi connectivity index (χ0) is 66.7. The number of hydrogen-bond donors (Lipinski definition) is 7. The number of hydrogen-bond acceptors (Lipinski definition) is 19. The number of aliphatic carboxylic acids is 3. The maximum absolute atomic E-state index is 14.5. The molecular weight excluding hydrogens is 1220 g/mol. The number of rotatable bonds is 32. The highest BCUT2D eigenvalue weighted by molar-refractivity contribution is 7.99. The molecule has 3 fully saturated rings. The molecule has 6 amide bonds. The second-order valence-electron chi connectivity index (χ2n) is 23.0. The number of amides is 6. The predicted octanol–water partition coefficient (Wildman–Crippen LogP) is 0.489. The number of pyridine rings is 1. The molecule has 7 N–H and O–H groups in total. The molecule has 2 aromatic carbocycles. The minimum atomic E-state index is -3.06. The van der Waals surface area contributed by atoms with Crippen LogP contribution >= 0.6 is 11.8 Å². The Bertz CT molecular complexity index is 3000. The molecule has 3 aromatic rings. The maximum atomic E-state index is 14.5. The number of benzene rings is 2. The molecule has 3 aliphatic heterocycles. The average Bonchev–Trinajstić information content (AvgIpc) is 1.23. The summed E-state index contributed by atoms with van der Waals surface area (Å²) >= 11 is 1.25. The standard InChI is InChI=1S/C62H86F2N12O15S/c1-4-45-35-62(63,64)42-76(45)54(79)36-67-59(87)47-15-16-65-49-14-13-46(33-48(47)49)91-31-6-18-70-27-29-75(30-28-70)61(89)50(34-58(86)90-3)69-60(88)51(41-92-32-17-66-52(77)8-5-7-44-11-9-43(2)10-12-44)68-53(78)37-71-19-21-72(38-55(80)81)23-25-74(40-57(84)85)26-24-73(22-20-71)39-56(82)83/h4,9-16,33,45,50-51H,1,5-8,17-32,34-42H2,2-3H3,(H,66,77)(H,67,87)(H,68,78)(H,69,88)(H,80,81)(H,82,83)(H,84,85)/t45-,50-,51-/m0/s1. The highest BCUT2D eigenvalue weighted by atomic mass is 32.2. The van der Waals surface area contributed by atoms with Crippen LogP contribution in [-0.4, -0.2) is 294 Å². The number of likely N-dealkylation sites (tertiary alicyclic amines) is 1. The number of piperazine rings is 1. The highest BCUT2D eigenvalue weighted by Crippen LogP contribution is 2.32. The van der Waals surface area contributed by atoms with Crippen LogP contribution in [0.25, 0.3) is 10.9 Å². The van der Waals surface area contributed by atoms with Crippen LogP contribution in [0.1, 0.15) is 53.6 Å². The molecular formula is C62H86F2N12O15S. The molecule has 504 valence electrons. The summed E-state index contributed by atoms with van der Waals surface area (Å²) in [5.41, 5.74) is 2.94. The Morgan fingerprint density at radius 3 is 1.92 bits per heavy atom. The molecule has 3 atom stereocenters. The Kier molecular flexibility index (Phi) is 29.4. The van der Waals surface area contributed by atoms with Crippen LogP contribution < -0.4 is 26.0 Å². The summed E-state index contributed by atoms with van der Waals surface area (Å²) in [5.74, 6) is -9.82. The third kappa shape index (κ3) is 25.0. The molecule has 0 saturated carbocycles. The van der Waals surface area contributed by atoms with E-state index < -0.39 is 103 Å². The third-order valence-electron chi connectivity index (χ3n) is 15.9. The van der Waals surface area contributed by atoms with Gasteiger partial charge in [0.2, 0.25) is 29.5 Å². The zero-order valence-corrected chi connectivity index (χ0v) is 53.0. The van der Waals surface area contributed by atoms with Crippen molar-refractivity contribution in [2.45, 2.75) is 69.5 Å². The lowest BCUT2D eigenvalue weighted by Gasteiger charge is -2.36. The molecule has 1 aromatic heterocycles. The summed E-state index contributed by atoms with van der Waals surface area (Å²) in [4.78, 5) is 146. The van der Waals surface area contributed by atoms with Gasteiger partial charge in [-0.05, 0) is 56.0 Å². The van der Waals surface area contributed by atoms with Crippen LogP contribution in [0.5, 0.6) is 5.75 Å². The van der Waals surface area contributed by atoms with Crippen LogP contribution in [0.2, 0.25) is 0 Å². The van der Waals surface area contributed by atoms with Crippen LogP contribution in [0.15, 0.2) is 67.4 Å². The van der Waals surface area contributed by atoms with Crippen molar-refractivity contribution in [2.24, 2.45) is 0 Å². The van der Waals surface area contributed by atoms with Crippen molar-refractivity contribution in [3.8, 4) is 5.75 Å². The van der Waals surface area contributed by atoms with E-state index in [-0.39, 0.29) is 122 Å². The molecule has 4 heterocycles. The minimum Gasteiger partial charge on any atom is -0.494 e. The SMILES string of the molecule is C=C[C@H]1CC(F)(F)CN1C(=O)CNC(=O)c1ccnc2ccc(OCCCN3CCN(C(=O)[C@H](CC(=O)OC)NC(=O)[C@H](CSCCNC(=O)CCCc4ccc(C)cc4)NC(=O)CN4CCN(CC(=O)O)CCN(CC(=O)O)CCN(CC(=O)O)CC4)CC3)cc12. The van der Waals surface area contributed by atoms with Crippen molar-refractivity contribution in [1.82, 2.24) is 60.6 Å². The fraction of sp³-hybridized carbons (Fsp3) is 0.565. The monoisotopic (exact) mass is 1310 g/mol. The molecule has 0 radical (unpaired) electrons. The Balaban J connectivity index is 1.05. The summed E-state index contributed by atoms with van der Waals surface area (Å²) in [6, 6.07) is 11.1. The fourth-order valence-electron chi connectivity index (χ4n) is 10.9. The number of thioether (sulfide) groups is 1. The first-order valence-electron chi connectivity index (χ1n) is 30.7. The van der Waals surface area contributed by atoms with Crippen LogP contribution in [0.4, 0.5) is 8.78 Å². The Hall–Kier alpha value is -7.90. The van der Waals surface area contributed by atoms with Gasteiger partial charge in [0.05, 0.1) is 76.5 Å². The average molecular weight is 1310 g/mol. The molecule has 27 nitrogen and oxygen atoms in total. The number of methoxy groups -OCH3 is 1. The highest BCUT2D eigenvalue weighted by Gasteiger charge is 2.45. The van der Waals surface area contributed by atoms with E-state index >= 15 is 0 Å². The number of ether oxygens (including phenoxy) is 2. The normalized spacial score (nSPS) is 17.9. The van der Waals surface area contributed by atoms with E-state index in [1.807, 2.05) is 31.2 Å². The van der Waals surface area contributed by atoms with E-state index in [1.165, 1.54) is 35.0 Å². The van der Waals surface area contributed by atoms with Gasteiger partial charge in [0.15, 0.2) is 0 Å². The van der Waals surface area contributed by atoms with Crippen molar-refractivity contribution in [1.29, 1.82) is 0 Å². The van der Waals surface area contributed by atoms with Gasteiger partial charge in [0.1, 0.15) is 17.8 Å². The van der Waals surface area contributed by atoms with Gasteiger partial charge in [-0.2, -0.15) is 11.8 Å². The lowest BCUT2D eigenvalue weighted by atomic mass is 10.1. The van der Waals surface area contributed by atoms with Crippen molar-refractivity contribution in [2.75, 3.05) is 156 Å². The van der Waals surface area contributed by atoms with Gasteiger partial charge < -0.3 is 55.9 Å². The number of fused-ring (bicyclic) bond motifs is 1. The second-order valence-corrected chi connectivity index (χ2v) is 24.1. The molecule has 0 bridgehead atoms. The molecule has 30 heteroatoms. The first kappa shape index (κ1) is 73.2. The van der Waals surface area contributed by atoms with E-state index in [0.29, 0.717) is 61.3 Å². The minimum absolute atomic E-state index is 0.0290. The van der Waals surface area contributed by atoms with Crippen molar-refractivity contribution in [3.63, 3.8) is 0 Å². The van der Waals surface area contributed by atoms with Gasteiger partial charge in [-0.15, -0.1) is 6.58 Å². The van der Waals surface area contributed by atoms with E-state index in [1.54, 1.807) is 37.8 Å². The molecule has 3 aliphatic rings. The number of aromatic nitrogens is 1. The number of nitrogens with zero attached hydrogens (tertiary/aromatic N) is 8. The smallest absolute Gasteiger partial charge is 0.317 e.